The molecule has 2 N–H and O–H groups in total. The van der Waals surface area contributed by atoms with Gasteiger partial charge in [0.2, 0.25) is 0 Å². The Kier molecular flexibility index (Phi) is 4.93. The van der Waals surface area contributed by atoms with Crippen LogP contribution in [0.3, 0.4) is 0 Å². The first-order chi connectivity index (χ1) is 9.00. The van der Waals surface area contributed by atoms with Crippen LogP contribution in [0.15, 0.2) is 24.3 Å². The van der Waals surface area contributed by atoms with Crippen molar-refractivity contribution in [1.82, 2.24) is 4.90 Å². The largest absolute Gasteiger partial charge is 0.326 e. The van der Waals surface area contributed by atoms with Gasteiger partial charge in [0.25, 0.3) is 0 Å². The van der Waals surface area contributed by atoms with Crippen molar-refractivity contribution in [2.75, 3.05) is 12.3 Å². The number of nitrogens with zero attached hydrogens (tertiary/aromatic N) is 1. The Hall–Kier alpha value is -0.510. The third-order valence-corrected chi connectivity index (χ3v) is 5.54. The number of hydrogen-bond acceptors (Lipinski definition) is 3. The van der Waals surface area contributed by atoms with Crippen LogP contribution in [0.5, 0.6) is 0 Å². The summed E-state index contributed by atoms with van der Waals surface area (Å²) in [7, 11) is 0. The second kappa shape index (κ2) is 6.29. The van der Waals surface area contributed by atoms with Crippen molar-refractivity contribution >= 4 is 11.8 Å². The summed E-state index contributed by atoms with van der Waals surface area (Å²) >= 11 is 2.07. The normalized spacial score (nSPS) is 28.1. The number of aryl methyl sites for hydroxylation is 1. The maximum Gasteiger partial charge on any atom is 0.0500 e. The molecule has 0 aromatic heterocycles. The Morgan fingerprint density at radius 2 is 1.89 bits per heavy atom. The Bertz CT molecular complexity index is 402. The standard InChI is InChI=1S/C16H26N2S/c1-11-5-7-15(8-6-11)16(12(2)17)18-9-10-19-14(4)13(18)3/h5-8,12-14,16H,9-10,17H2,1-4H3. The van der Waals surface area contributed by atoms with Gasteiger partial charge in [0.05, 0.1) is 0 Å². The van der Waals surface area contributed by atoms with Crippen LogP contribution >= 0.6 is 11.8 Å². The molecule has 2 nitrogen and oxygen atoms in total. The van der Waals surface area contributed by atoms with E-state index in [1.807, 2.05) is 0 Å². The highest BCUT2D eigenvalue weighted by Gasteiger charge is 2.33. The molecule has 1 aromatic carbocycles. The molecule has 106 valence electrons. The zero-order chi connectivity index (χ0) is 14.0. The third kappa shape index (κ3) is 3.33. The summed E-state index contributed by atoms with van der Waals surface area (Å²) in [6.45, 7) is 10.1. The topological polar surface area (TPSA) is 29.3 Å². The molecule has 0 spiro atoms. The second-order valence-corrected chi connectivity index (χ2v) is 7.25. The fraction of sp³-hybridized carbons (Fsp3) is 0.625. The van der Waals surface area contributed by atoms with E-state index in [2.05, 4.69) is 68.6 Å². The maximum atomic E-state index is 6.30. The molecule has 3 heteroatoms. The van der Waals surface area contributed by atoms with E-state index in [-0.39, 0.29) is 6.04 Å². The lowest BCUT2D eigenvalue weighted by molar-refractivity contribution is 0.130. The third-order valence-electron chi connectivity index (χ3n) is 4.21. The van der Waals surface area contributed by atoms with E-state index in [9.17, 15) is 0 Å². The molecule has 1 aliphatic rings. The van der Waals surface area contributed by atoms with E-state index >= 15 is 0 Å². The summed E-state index contributed by atoms with van der Waals surface area (Å²) in [5.74, 6) is 1.21. The number of thioether (sulfide) groups is 1. The number of nitrogens with two attached hydrogens (primary N) is 1. The summed E-state index contributed by atoms with van der Waals surface area (Å²) in [4.78, 5) is 2.59. The van der Waals surface area contributed by atoms with Gasteiger partial charge >= 0.3 is 0 Å². The Balaban J connectivity index is 2.27. The number of hydrogen-bond donors (Lipinski definition) is 1. The van der Waals surface area contributed by atoms with Crippen LogP contribution in [0, 0.1) is 6.92 Å². The molecule has 4 unspecified atom stereocenters. The molecule has 0 aliphatic carbocycles. The summed E-state index contributed by atoms with van der Waals surface area (Å²) in [6.07, 6.45) is 0. The molecule has 1 heterocycles. The first-order valence-electron chi connectivity index (χ1n) is 7.20. The van der Waals surface area contributed by atoms with Crippen LogP contribution in [0.2, 0.25) is 0 Å². The summed E-state index contributed by atoms with van der Waals surface area (Å²) < 4.78 is 0. The van der Waals surface area contributed by atoms with E-state index in [4.69, 9.17) is 5.73 Å². The van der Waals surface area contributed by atoms with Crippen LogP contribution in [-0.2, 0) is 0 Å². The molecule has 0 bridgehead atoms. The van der Waals surface area contributed by atoms with Gasteiger partial charge < -0.3 is 5.73 Å². The minimum atomic E-state index is 0.153. The average Bonchev–Trinajstić information content (AvgIpc) is 2.37. The predicted octanol–water partition coefficient (Wildman–Crippen LogP) is 3.21. The molecular weight excluding hydrogens is 252 g/mol. The van der Waals surface area contributed by atoms with Gasteiger partial charge in [-0.05, 0) is 26.3 Å². The smallest absolute Gasteiger partial charge is 0.0500 e. The first kappa shape index (κ1) is 14.9. The maximum absolute atomic E-state index is 6.30. The van der Waals surface area contributed by atoms with Gasteiger partial charge in [-0.15, -0.1) is 0 Å². The van der Waals surface area contributed by atoms with E-state index in [1.165, 1.54) is 16.9 Å². The van der Waals surface area contributed by atoms with Crippen molar-refractivity contribution < 1.29 is 0 Å². The highest BCUT2D eigenvalue weighted by atomic mass is 32.2. The molecular formula is C16H26N2S. The molecule has 1 fully saturated rings. The highest BCUT2D eigenvalue weighted by Crippen LogP contribution is 2.33. The Labute approximate surface area is 121 Å². The molecule has 0 saturated carbocycles. The van der Waals surface area contributed by atoms with Crippen molar-refractivity contribution in [2.24, 2.45) is 5.73 Å². The van der Waals surface area contributed by atoms with E-state index in [1.54, 1.807) is 0 Å². The Morgan fingerprint density at radius 3 is 2.47 bits per heavy atom. The Morgan fingerprint density at radius 1 is 1.26 bits per heavy atom. The van der Waals surface area contributed by atoms with E-state index < -0.39 is 0 Å². The zero-order valence-corrected chi connectivity index (χ0v) is 13.3. The molecule has 0 radical (unpaired) electrons. The number of benzene rings is 1. The van der Waals surface area contributed by atoms with Gasteiger partial charge in [0.1, 0.15) is 0 Å². The fourth-order valence-electron chi connectivity index (χ4n) is 2.91. The van der Waals surface area contributed by atoms with Gasteiger partial charge in [-0.3, -0.25) is 4.90 Å². The van der Waals surface area contributed by atoms with Gasteiger partial charge in [-0.25, -0.2) is 0 Å². The molecule has 1 aromatic rings. The molecule has 2 rings (SSSR count). The second-order valence-electron chi connectivity index (χ2n) is 5.77. The molecule has 1 aliphatic heterocycles. The highest BCUT2D eigenvalue weighted by molar-refractivity contribution is 8.00. The first-order valence-corrected chi connectivity index (χ1v) is 8.25. The summed E-state index contributed by atoms with van der Waals surface area (Å²) in [5.41, 5.74) is 8.96. The SMILES string of the molecule is Cc1ccc(C(C(C)N)N2CCSC(C)C2C)cc1. The predicted molar refractivity (Wildman–Crippen MR) is 85.7 cm³/mol. The van der Waals surface area contributed by atoms with Gasteiger partial charge in [0, 0.05) is 35.7 Å². The summed E-state index contributed by atoms with van der Waals surface area (Å²) in [6, 6.07) is 9.93. The van der Waals surface area contributed by atoms with Gasteiger partial charge in [-0.1, -0.05) is 36.8 Å². The van der Waals surface area contributed by atoms with Crippen molar-refractivity contribution in [3.8, 4) is 0 Å². The summed E-state index contributed by atoms with van der Waals surface area (Å²) in [5, 5.41) is 0.681. The van der Waals surface area contributed by atoms with Crippen LogP contribution in [0.4, 0.5) is 0 Å². The van der Waals surface area contributed by atoms with Crippen LogP contribution in [0.25, 0.3) is 0 Å². The van der Waals surface area contributed by atoms with Crippen molar-refractivity contribution in [3.05, 3.63) is 35.4 Å². The van der Waals surface area contributed by atoms with Crippen molar-refractivity contribution in [1.29, 1.82) is 0 Å². The monoisotopic (exact) mass is 278 g/mol. The fourth-order valence-corrected chi connectivity index (χ4v) is 4.03. The minimum absolute atomic E-state index is 0.153. The number of rotatable bonds is 3. The van der Waals surface area contributed by atoms with Crippen LogP contribution < -0.4 is 5.73 Å². The minimum Gasteiger partial charge on any atom is -0.326 e. The quantitative estimate of drug-likeness (QED) is 0.920. The lowest BCUT2D eigenvalue weighted by atomic mass is 9.96. The van der Waals surface area contributed by atoms with E-state index in [0.29, 0.717) is 17.3 Å². The average molecular weight is 278 g/mol. The molecule has 4 atom stereocenters. The van der Waals surface area contributed by atoms with Gasteiger partial charge in [0.15, 0.2) is 0 Å². The lowest BCUT2D eigenvalue weighted by Crippen LogP contribution is -2.50. The molecule has 1 saturated heterocycles. The van der Waals surface area contributed by atoms with Crippen LogP contribution in [-0.4, -0.2) is 34.5 Å². The van der Waals surface area contributed by atoms with Crippen LogP contribution in [0.1, 0.15) is 37.9 Å². The van der Waals surface area contributed by atoms with Crippen molar-refractivity contribution in [3.63, 3.8) is 0 Å². The van der Waals surface area contributed by atoms with E-state index in [0.717, 1.165) is 6.54 Å². The molecule has 0 amide bonds. The lowest BCUT2D eigenvalue weighted by Gasteiger charge is -2.44. The zero-order valence-electron chi connectivity index (χ0n) is 12.5. The van der Waals surface area contributed by atoms with Crippen molar-refractivity contribution in [2.45, 2.75) is 51.1 Å². The van der Waals surface area contributed by atoms with Gasteiger partial charge in [-0.2, -0.15) is 11.8 Å². The molecule has 19 heavy (non-hydrogen) atoms.